The molecule has 0 aliphatic heterocycles. The maximum atomic E-state index is 6.24. The fraction of sp³-hybridized carbons (Fsp3) is 0.200. The Kier molecular flexibility index (Phi) is 5.73. The quantitative estimate of drug-likeness (QED) is 0.729. The van der Waals surface area contributed by atoms with Gasteiger partial charge in [0.25, 0.3) is 0 Å². The summed E-state index contributed by atoms with van der Waals surface area (Å²) >= 11 is 15.8. The van der Waals surface area contributed by atoms with Gasteiger partial charge in [-0.3, -0.25) is 0 Å². The molecule has 2 rings (SSSR count). The van der Waals surface area contributed by atoms with Crippen LogP contribution < -0.4 is 10.1 Å². The van der Waals surface area contributed by atoms with Gasteiger partial charge in [-0.2, -0.15) is 0 Å². The maximum Gasteiger partial charge on any atom is 0.150 e. The fourth-order valence-electron chi connectivity index (χ4n) is 1.73. The van der Waals surface area contributed by atoms with Crippen molar-refractivity contribution >= 4 is 39.1 Å². The first kappa shape index (κ1) is 15.6. The molecule has 0 saturated carbocycles. The van der Waals surface area contributed by atoms with Gasteiger partial charge in [-0.1, -0.05) is 58.2 Å². The molecule has 2 nitrogen and oxygen atoms in total. The van der Waals surface area contributed by atoms with Gasteiger partial charge < -0.3 is 10.1 Å². The van der Waals surface area contributed by atoms with Crippen molar-refractivity contribution in [3.8, 4) is 11.5 Å². The highest BCUT2D eigenvalue weighted by molar-refractivity contribution is 9.10. The number of rotatable bonds is 5. The van der Waals surface area contributed by atoms with Gasteiger partial charge in [-0.05, 0) is 30.8 Å². The van der Waals surface area contributed by atoms with Crippen molar-refractivity contribution in [1.82, 2.24) is 5.32 Å². The molecule has 2 aromatic carbocycles. The average molecular weight is 375 g/mol. The highest BCUT2D eigenvalue weighted by atomic mass is 79.9. The Morgan fingerprint density at radius 1 is 1.15 bits per heavy atom. The zero-order chi connectivity index (χ0) is 14.5. The number of para-hydroxylation sites is 1. The Morgan fingerprint density at radius 2 is 1.95 bits per heavy atom. The normalized spacial score (nSPS) is 10.6. The maximum absolute atomic E-state index is 6.24. The lowest BCUT2D eigenvalue weighted by atomic mass is 10.2. The standard InChI is InChI=1S/C15H14BrCl2NO/c1-2-19-9-10-4-3-5-12(17)15(10)20-14-7-6-11(16)8-13(14)18/h3-8,19H,2,9H2,1H3. The van der Waals surface area contributed by atoms with Crippen LogP contribution >= 0.6 is 39.1 Å². The lowest BCUT2D eigenvalue weighted by molar-refractivity contribution is 0.473. The Balaban J connectivity index is 2.32. The van der Waals surface area contributed by atoms with Gasteiger partial charge >= 0.3 is 0 Å². The summed E-state index contributed by atoms with van der Waals surface area (Å²) in [6.45, 7) is 3.63. The molecule has 0 bridgehead atoms. The molecule has 0 fully saturated rings. The van der Waals surface area contributed by atoms with Crippen molar-refractivity contribution in [1.29, 1.82) is 0 Å². The molecule has 0 heterocycles. The first-order valence-corrected chi connectivity index (χ1v) is 7.77. The van der Waals surface area contributed by atoms with E-state index in [1.54, 1.807) is 12.1 Å². The molecule has 20 heavy (non-hydrogen) atoms. The molecule has 5 heteroatoms. The van der Waals surface area contributed by atoms with Crippen molar-refractivity contribution in [2.24, 2.45) is 0 Å². The third-order valence-electron chi connectivity index (χ3n) is 2.72. The van der Waals surface area contributed by atoms with E-state index in [0.717, 1.165) is 16.6 Å². The van der Waals surface area contributed by atoms with E-state index in [0.29, 0.717) is 28.1 Å². The van der Waals surface area contributed by atoms with Crippen LogP contribution in [0.2, 0.25) is 10.0 Å². The number of halogens is 3. The van der Waals surface area contributed by atoms with Crippen LogP contribution in [0, 0.1) is 0 Å². The first-order valence-electron chi connectivity index (χ1n) is 6.23. The van der Waals surface area contributed by atoms with Gasteiger partial charge in [-0.25, -0.2) is 0 Å². The van der Waals surface area contributed by atoms with E-state index in [9.17, 15) is 0 Å². The van der Waals surface area contributed by atoms with Crippen LogP contribution in [0.25, 0.3) is 0 Å². The minimum absolute atomic E-state index is 0.536. The molecule has 106 valence electrons. The molecule has 0 aliphatic carbocycles. The number of hydrogen-bond acceptors (Lipinski definition) is 2. The highest BCUT2D eigenvalue weighted by Gasteiger charge is 2.11. The van der Waals surface area contributed by atoms with E-state index < -0.39 is 0 Å². The highest BCUT2D eigenvalue weighted by Crippen LogP contribution is 2.37. The molecule has 0 unspecified atom stereocenters. The monoisotopic (exact) mass is 373 g/mol. The van der Waals surface area contributed by atoms with E-state index >= 15 is 0 Å². The second-order valence-electron chi connectivity index (χ2n) is 4.19. The van der Waals surface area contributed by atoms with Gasteiger partial charge in [0.1, 0.15) is 5.75 Å². The second-order valence-corrected chi connectivity index (χ2v) is 5.92. The van der Waals surface area contributed by atoms with Gasteiger partial charge in [0.15, 0.2) is 5.75 Å². The fourth-order valence-corrected chi connectivity index (χ4v) is 2.68. The van der Waals surface area contributed by atoms with Crippen molar-refractivity contribution in [2.45, 2.75) is 13.5 Å². The van der Waals surface area contributed by atoms with E-state index in [1.165, 1.54) is 0 Å². The van der Waals surface area contributed by atoms with E-state index in [4.69, 9.17) is 27.9 Å². The summed E-state index contributed by atoms with van der Waals surface area (Å²) in [5.74, 6) is 1.22. The Bertz CT molecular complexity index is 604. The molecule has 0 spiro atoms. The van der Waals surface area contributed by atoms with Crippen LogP contribution in [0.3, 0.4) is 0 Å². The second kappa shape index (κ2) is 7.32. The molecule has 1 N–H and O–H groups in total. The molecule has 0 amide bonds. The predicted octanol–water partition coefficient (Wildman–Crippen LogP) is 5.66. The number of benzene rings is 2. The summed E-state index contributed by atoms with van der Waals surface area (Å²) in [7, 11) is 0. The van der Waals surface area contributed by atoms with Crippen molar-refractivity contribution < 1.29 is 4.74 Å². The third kappa shape index (κ3) is 3.89. The molecule has 0 radical (unpaired) electrons. The van der Waals surface area contributed by atoms with E-state index in [-0.39, 0.29) is 0 Å². The van der Waals surface area contributed by atoms with Crippen molar-refractivity contribution in [3.05, 3.63) is 56.5 Å². The predicted molar refractivity (Wildman–Crippen MR) is 88.1 cm³/mol. The lowest BCUT2D eigenvalue weighted by Gasteiger charge is -2.14. The van der Waals surface area contributed by atoms with Gasteiger partial charge in [-0.15, -0.1) is 0 Å². The average Bonchev–Trinajstić information content (AvgIpc) is 2.42. The molecule has 0 atom stereocenters. The van der Waals surface area contributed by atoms with Crippen molar-refractivity contribution in [2.75, 3.05) is 6.54 Å². The minimum Gasteiger partial charge on any atom is -0.454 e. The largest absolute Gasteiger partial charge is 0.454 e. The first-order chi connectivity index (χ1) is 9.61. The van der Waals surface area contributed by atoms with Crippen LogP contribution in [-0.4, -0.2) is 6.54 Å². The van der Waals surface area contributed by atoms with E-state index in [2.05, 4.69) is 28.2 Å². The van der Waals surface area contributed by atoms with Crippen molar-refractivity contribution in [3.63, 3.8) is 0 Å². The molecule has 0 aliphatic rings. The molecular formula is C15H14BrCl2NO. The summed E-state index contributed by atoms with van der Waals surface area (Å²) in [4.78, 5) is 0. The third-order valence-corrected chi connectivity index (χ3v) is 3.81. The SMILES string of the molecule is CCNCc1cccc(Cl)c1Oc1ccc(Br)cc1Cl. The van der Waals surface area contributed by atoms with Gasteiger partial charge in [0.05, 0.1) is 10.0 Å². The smallest absolute Gasteiger partial charge is 0.150 e. The zero-order valence-corrected chi connectivity index (χ0v) is 14.0. The molecule has 2 aromatic rings. The van der Waals surface area contributed by atoms with Crippen LogP contribution in [0.4, 0.5) is 0 Å². The van der Waals surface area contributed by atoms with Crippen LogP contribution in [-0.2, 0) is 6.54 Å². The lowest BCUT2D eigenvalue weighted by Crippen LogP contribution is -2.12. The summed E-state index contributed by atoms with van der Waals surface area (Å²) < 4.78 is 6.80. The molecule has 0 saturated heterocycles. The topological polar surface area (TPSA) is 21.3 Å². The van der Waals surface area contributed by atoms with Gasteiger partial charge in [0.2, 0.25) is 0 Å². The summed E-state index contributed by atoms with van der Waals surface area (Å²) in [5.41, 5.74) is 0.998. The summed E-state index contributed by atoms with van der Waals surface area (Å²) in [6.07, 6.45) is 0. The van der Waals surface area contributed by atoms with Gasteiger partial charge in [0, 0.05) is 16.6 Å². The number of hydrogen-bond donors (Lipinski definition) is 1. The molecular weight excluding hydrogens is 361 g/mol. The van der Waals surface area contributed by atoms with Crippen LogP contribution in [0.1, 0.15) is 12.5 Å². The Morgan fingerprint density at radius 3 is 2.65 bits per heavy atom. The minimum atomic E-state index is 0.536. The Hall–Kier alpha value is -0.740. The van der Waals surface area contributed by atoms with E-state index in [1.807, 2.05) is 24.3 Å². The number of ether oxygens (including phenoxy) is 1. The molecule has 0 aromatic heterocycles. The Labute approximate surface area is 137 Å². The number of nitrogens with one attached hydrogen (secondary N) is 1. The van der Waals surface area contributed by atoms with Crippen LogP contribution in [0.5, 0.6) is 11.5 Å². The van der Waals surface area contributed by atoms with Crippen LogP contribution in [0.15, 0.2) is 40.9 Å². The zero-order valence-electron chi connectivity index (χ0n) is 10.9. The summed E-state index contributed by atoms with van der Waals surface area (Å²) in [6, 6.07) is 11.2. The summed E-state index contributed by atoms with van der Waals surface area (Å²) in [5, 5.41) is 4.37.